The van der Waals surface area contributed by atoms with E-state index in [1.165, 1.54) is 19.2 Å². The van der Waals surface area contributed by atoms with E-state index in [1.54, 1.807) is 24.3 Å². The first-order valence-electron chi connectivity index (χ1n) is 13.9. The largest absolute Gasteiger partial charge is 0.508 e. The third-order valence-electron chi connectivity index (χ3n) is 6.40. The molecule has 11 nitrogen and oxygen atoms in total. The van der Waals surface area contributed by atoms with Crippen molar-refractivity contribution < 1.29 is 38.5 Å². The Balaban J connectivity index is 1.55. The number of nitrogens with one attached hydrogen (secondary N) is 3. The minimum absolute atomic E-state index is 0.0155. The highest BCUT2D eigenvalue weighted by Gasteiger charge is 2.28. The molecule has 0 bridgehead atoms. The number of unbranched alkanes of at least 4 members (excludes halogenated alkanes) is 1. The average molecular weight is 592 g/mol. The number of ether oxygens (including phenoxy) is 3. The Morgan fingerprint density at radius 2 is 1.28 bits per heavy atom. The van der Waals surface area contributed by atoms with Crippen molar-refractivity contribution in [3.8, 4) is 5.75 Å². The quantitative estimate of drug-likeness (QED) is 0.118. The molecule has 0 aliphatic heterocycles. The number of aromatic hydroxyl groups is 1. The number of carbonyl (C=O) groups excluding carboxylic acids is 4. The van der Waals surface area contributed by atoms with E-state index in [9.17, 15) is 24.3 Å². The van der Waals surface area contributed by atoms with Crippen LogP contribution < -0.4 is 16.0 Å². The zero-order valence-electron chi connectivity index (χ0n) is 24.0. The van der Waals surface area contributed by atoms with Crippen molar-refractivity contribution in [2.24, 2.45) is 0 Å². The number of amides is 3. The van der Waals surface area contributed by atoms with Gasteiger partial charge in [-0.25, -0.2) is 14.4 Å². The number of benzene rings is 3. The van der Waals surface area contributed by atoms with E-state index in [-0.39, 0.29) is 31.8 Å². The van der Waals surface area contributed by atoms with E-state index in [0.29, 0.717) is 24.9 Å². The number of rotatable bonds is 15. The molecular weight excluding hydrogens is 554 g/mol. The Morgan fingerprint density at radius 3 is 1.86 bits per heavy atom. The predicted octanol–water partition coefficient (Wildman–Crippen LogP) is 3.98. The molecule has 0 fully saturated rings. The van der Waals surface area contributed by atoms with E-state index >= 15 is 0 Å². The van der Waals surface area contributed by atoms with Gasteiger partial charge in [0.05, 0.1) is 7.11 Å². The summed E-state index contributed by atoms with van der Waals surface area (Å²) in [6, 6.07) is 22.5. The fourth-order valence-corrected chi connectivity index (χ4v) is 4.09. The van der Waals surface area contributed by atoms with Crippen molar-refractivity contribution >= 4 is 24.1 Å². The van der Waals surface area contributed by atoms with Gasteiger partial charge in [0.15, 0.2) is 0 Å². The Bertz CT molecular complexity index is 1300. The molecule has 4 N–H and O–H groups in total. The second kappa shape index (κ2) is 17.7. The van der Waals surface area contributed by atoms with Crippen LogP contribution in [0.15, 0.2) is 84.9 Å². The molecule has 3 amide bonds. The van der Waals surface area contributed by atoms with E-state index in [1.807, 2.05) is 48.5 Å². The highest BCUT2D eigenvalue weighted by Crippen LogP contribution is 2.13. The molecule has 0 saturated carbocycles. The monoisotopic (exact) mass is 591 g/mol. The van der Waals surface area contributed by atoms with Crippen LogP contribution in [0.4, 0.5) is 9.59 Å². The SMILES string of the molecule is COC(=O)[C@@H](Cc1ccc(O)cc1)NC(=O)[C@H](CCCCNC(=O)OCc1ccccc1)NC(=O)OCc1ccccc1. The first kappa shape index (κ1) is 32.5. The van der Waals surface area contributed by atoms with Crippen molar-refractivity contribution in [2.75, 3.05) is 13.7 Å². The Labute approximate surface area is 250 Å². The summed E-state index contributed by atoms with van der Waals surface area (Å²) in [4.78, 5) is 50.4. The average Bonchev–Trinajstić information content (AvgIpc) is 3.03. The smallest absolute Gasteiger partial charge is 0.408 e. The number of alkyl carbamates (subject to hydrolysis) is 2. The predicted molar refractivity (Wildman–Crippen MR) is 158 cm³/mol. The highest BCUT2D eigenvalue weighted by atomic mass is 16.6. The minimum Gasteiger partial charge on any atom is -0.508 e. The zero-order chi connectivity index (χ0) is 30.9. The van der Waals surface area contributed by atoms with Gasteiger partial charge < -0.3 is 35.3 Å². The second-order valence-corrected chi connectivity index (χ2v) is 9.70. The number of esters is 1. The summed E-state index contributed by atoms with van der Waals surface area (Å²) >= 11 is 0. The van der Waals surface area contributed by atoms with Gasteiger partial charge in [0.2, 0.25) is 5.91 Å². The molecule has 0 saturated heterocycles. The third-order valence-corrected chi connectivity index (χ3v) is 6.40. The van der Waals surface area contributed by atoms with Crippen molar-refractivity contribution in [1.82, 2.24) is 16.0 Å². The van der Waals surface area contributed by atoms with E-state index < -0.39 is 36.1 Å². The van der Waals surface area contributed by atoms with Crippen LogP contribution in [-0.2, 0) is 43.4 Å². The Hall–Kier alpha value is -5.06. The lowest BCUT2D eigenvalue weighted by molar-refractivity contribution is -0.145. The number of phenolic OH excluding ortho intramolecular Hbond substituents is 1. The van der Waals surface area contributed by atoms with Crippen LogP contribution in [-0.4, -0.2) is 54.9 Å². The molecule has 0 spiro atoms. The Kier molecular flexibility index (Phi) is 13.3. The van der Waals surface area contributed by atoms with Gasteiger partial charge in [-0.05, 0) is 48.1 Å². The Morgan fingerprint density at radius 1 is 0.698 bits per heavy atom. The molecule has 0 unspecified atom stereocenters. The van der Waals surface area contributed by atoms with Crippen LogP contribution in [0.3, 0.4) is 0 Å². The summed E-state index contributed by atoms with van der Waals surface area (Å²) in [5.74, 6) is -1.19. The van der Waals surface area contributed by atoms with Gasteiger partial charge in [-0.1, -0.05) is 72.8 Å². The lowest BCUT2D eigenvalue weighted by Gasteiger charge is -2.22. The number of hydrogen-bond acceptors (Lipinski definition) is 8. The third kappa shape index (κ3) is 12.1. The minimum atomic E-state index is -1.03. The molecule has 3 aromatic rings. The number of hydrogen-bond donors (Lipinski definition) is 4. The first-order valence-corrected chi connectivity index (χ1v) is 13.9. The first-order chi connectivity index (χ1) is 20.8. The van der Waals surface area contributed by atoms with Gasteiger partial charge in [0.25, 0.3) is 0 Å². The van der Waals surface area contributed by atoms with Crippen LogP contribution in [0, 0.1) is 0 Å². The zero-order valence-corrected chi connectivity index (χ0v) is 24.0. The molecule has 0 aliphatic rings. The normalized spacial score (nSPS) is 11.8. The van der Waals surface area contributed by atoms with E-state index in [2.05, 4.69) is 16.0 Å². The van der Waals surface area contributed by atoms with E-state index in [4.69, 9.17) is 14.2 Å². The summed E-state index contributed by atoms with van der Waals surface area (Å²) in [6.07, 6.45) is -0.0786. The standard InChI is InChI=1S/C32H37N3O8/c1-41-30(38)28(20-23-15-17-26(36)18-16-23)34-29(37)27(35-32(40)43-22-25-12-6-3-7-13-25)14-8-9-19-33-31(39)42-21-24-10-4-2-5-11-24/h2-7,10-13,15-18,27-28,36H,8-9,14,19-22H2,1H3,(H,33,39)(H,34,37)(H,35,40)/t27-,28+/m0/s1. The molecule has 3 aromatic carbocycles. The van der Waals surface area contributed by atoms with Crippen molar-refractivity contribution in [3.05, 3.63) is 102 Å². The topological polar surface area (TPSA) is 152 Å². The lowest BCUT2D eigenvalue weighted by Crippen LogP contribution is -2.52. The summed E-state index contributed by atoms with van der Waals surface area (Å²) in [5.41, 5.74) is 2.33. The molecule has 2 atom stereocenters. The van der Waals surface area contributed by atoms with Crippen LogP contribution in [0.2, 0.25) is 0 Å². The summed E-state index contributed by atoms with van der Waals surface area (Å²) in [7, 11) is 1.22. The van der Waals surface area contributed by atoms with Crippen LogP contribution in [0.1, 0.15) is 36.0 Å². The van der Waals surface area contributed by atoms with Gasteiger partial charge >= 0.3 is 18.2 Å². The van der Waals surface area contributed by atoms with E-state index in [0.717, 1.165) is 11.1 Å². The molecule has 228 valence electrons. The van der Waals surface area contributed by atoms with Crippen molar-refractivity contribution in [2.45, 2.75) is 51.0 Å². The molecule has 0 aliphatic carbocycles. The van der Waals surface area contributed by atoms with Gasteiger partial charge in [-0.2, -0.15) is 0 Å². The molecule has 0 aromatic heterocycles. The highest BCUT2D eigenvalue weighted by molar-refractivity contribution is 5.89. The van der Waals surface area contributed by atoms with Gasteiger partial charge in [-0.3, -0.25) is 4.79 Å². The van der Waals surface area contributed by atoms with Gasteiger partial charge in [-0.15, -0.1) is 0 Å². The van der Waals surface area contributed by atoms with Gasteiger partial charge in [0.1, 0.15) is 31.0 Å². The summed E-state index contributed by atoms with van der Waals surface area (Å²) < 4.78 is 15.4. The summed E-state index contributed by atoms with van der Waals surface area (Å²) in [6.45, 7) is 0.461. The molecule has 43 heavy (non-hydrogen) atoms. The molecule has 11 heteroatoms. The molecule has 0 heterocycles. The maximum absolute atomic E-state index is 13.3. The molecular formula is C32H37N3O8. The van der Waals surface area contributed by atoms with Crippen LogP contribution >= 0.6 is 0 Å². The molecule has 0 radical (unpaired) electrons. The van der Waals surface area contributed by atoms with Crippen molar-refractivity contribution in [1.29, 1.82) is 0 Å². The number of carbonyl (C=O) groups is 4. The number of methoxy groups -OCH3 is 1. The maximum Gasteiger partial charge on any atom is 0.408 e. The summed E-state index contributed by atoms with van der Waals surface area (Å²) in [5, 5.41) is 17.5. The molecule has 3 rings (SSSR count). The fraction of sp³-hybridized carbons (Fsp3) is 0.312. The van der Waals surface area contributed by atoms with Crippen LogP contribution in [0.5, 0.6) is 5.75 Å². The maximum atomic E-state index is 13.3. The number of phenols is 1. The van der Waals surface area contributed by atoms with Crippen molar-refractivity contribution in [3.63, 3.8) is 0 Å². The lowest BCUT2D eigenvalue weighted by atomic mass is 10.0. The van der Waals surface area contributed by atoms with Gasteiger partial charge in [0, 0.05) is 13.0 Å². The van der Waals surface area contributed by atoms with Crippen LogP contribution in [0.25, 0.3) is 0 Å². The fourth-order valence-electron chi connectivity index (χ4n) is 4.09. The second-order valence-electron chi connectivity index (χ2n) is 9.70.